The van der Waals surface area contributed by atoms with Crippen molar-refractivity contribution in [3.8, 4) is 5.75 Å². The summed E-state index contributed by atoms with van der Waals surface area (Å²) in [6, 6.07) is 4.32. The van der Waals surface area contributed by atoms with Crippen LogP contribution in [0.15, 0.2) is 18.2 Å². The molecule has 19 heavy (non-hydrogen) atoms. The summed E-state index contributed by atoms with van der Waals surface area (Å²) in [6.07, 6.45) is -0.0649. The smallest absolute Gasteiger partial charge is 0.325 e. The van der Waals surface area contributed by atoms with Crippen LogP contribution in [0.4, 0.5) is 4.39 Å². The van der Waals surface area contributed by atoms with Gasteiger partial charge in [0.15, 0.2) is 0 Å². The van der Waals surface area contributed by atoms with Crippen molar-refractivity contribution >= 4 is 5.97 Å². The number of halogens is 1. The first kappa shape index (κ1) is 15.4. The molecule has 2 atom stereocenters. The number of benzene rings is 1. The second-order valence-electron chi connectivity index (χ2n) is 4.95. The van der Waals surface area contributed by atoms with Crippen LogP contribution in [0.5, 0.6) is 5.75 Å². The lowest BCUT2D eigenvalue weighted by atomic mass is 9.96. The number of hydrogen-bond acceptors (Lipinski definition) is 4. The highest BCUT2D eigenvalue weighted by Gasteiger charge is 2.32. The molecule has 0 spiro atoms. The van der Waals surface area contributed by atoms with Crippen LogP contribution in [0.1, 0.15) is 25.8 Å². The minimum Gasteiger partial charge on any atom is -0.490 e. The van der Waals surface area contributed by atoms with Crippen molar-refractivity contribution in [2.75, 3.05) is 7.11 Å². The van der Waals surface area contributed by atoms with Crippen molar-refractivity contribution in [3.63, 3.8) is 0 Å². The van der Waals surface area contributed by atoms with Crippen molar-refractivity contribution in [1.82, 2.24) is 0 Å². The predicted molar refractivity (Wildman–Crippen MR) is 70.5 cm³/mol. The minimum absolute atomic E-state index is 0.273. The van der Waals surface area contributed by atoms with Crippen molar-refractivity contribution in [1.29, 1.82) is 0 Å². The molecule has 1 aromatic carbocycles. The molecule has 0 radical (unpaired) electrons. The van der Waals surface area contributed by atoms with Gasteiger partial charge in [0.25, 0.3) is 0 Å². The molecule has 0 aliphatic carbocycles. The van der Waals surface area contributed by atoms with E-state index < -0.39 is 11.5 Å². The first-order valence-electron chi connectivity index (χ1n) is 6.06. The third kappa shape index (κ3) is 4.21. The zero-order chi connectivity index (χ0) is 14.6. The van der Waals surface area contributed by atoms with Crippen LogP contribution in [0, 0.1) is 12.7 Å². The van der Waals surface area contributed by atoms with Crippen molar-refractivity contribution in [3.05, 3.63) is 29.6 Å². The molecule has 4 nitrogen and oxygen atoms in total. The highest BCUT2D eigenvalue weighted by molar-refractivity contribution is 5.79. The minimum atomic E-state index is -1.13. The van der Waals surface area contributed by atoms with Gasteiger partial charge < -0.3 is 15.2 Å². The molecule has 0 fully saturated rings. The number of aryl methyl sites for hydroxylation is 1. The summed E-state index contributed by atoms with van der Waals surface area (Å²) in [7, 11) is 1.29. The van der Waals surface area contributed by atoms with E-state index in [1.807, 2.05) is 6.92 Å². The van der Waals surface area contributed by atoms with E-state index in [1.54, 1.807) is 19.9 Å². The fourth-order valence-electron chi connectivity index (χ4n) is 1.87. The third-order valence-corrected chi connectivity index (χ3v) is 2.84. The van der Waals surface area contributed by atoms with Crippen molar-refractivity contribution < 1.29 is 18.7 Å². The molecule has 2 N–H and O–H groups in total. The first-order valence-corrected chi connectivity index (χ1v) is 6.06. The van der Waals surface area contributed by atoms with Gasteiger partial charge in [0, 0.05) is 12.5 Å². The summed E-state index contributed by atoms with van der Waals surface area (Å²) in [5, 5.41) is 0. The van der Waals surface area contributed by atoms with Crippen LogP contribution in [-0.2, 0) is 9.53 Å². The second kappa shape index (κ2) is 6.02. The Morgan fingerprint density at radius 3 is 2.74 bits per heavy atom. The Bertz CT molecular complexity index is 460. The van der Waals surface area contributed by atoms with E-state index in [0.29, 0.717) is 5.75 Å². The number of carbonyl (C=O) groups excluding carboxylic acids is 1. The Labute approximate surface area is 112 Å². The molecule has 0 saturated carbocycles. The maximum absolute atomic E-state index is 13.1. The molecular weight excluding hydrogens is 249 g/mol. The zero-order valence-electron chi connectivity index (χ0n) is 11.7. The molecule has 0 aliphatic heterocycles. The van der Waals surface area contributed by atoms with Crippen LogP contribution in [0.2, 0.25) is 0 Å². The van der Waals surface area contributed by atoms with E-state index in [-0.39, 0.29) is 18.3 Å². The monoisotopic (exact) mass is 269 g/mol. The summed E-state index contributed by atoms with van der Waals surface area (Å²) in [6.45, 7) is 5.18. The number of methoxy groups -OCH3 is 1. The van der Waals surface area contributed by atoms with E-state index in [1.165, 1.54) is 19.2 Å². The van der Waals surface area contributed by atoms with E-state index >= 15 is 0 Å². The number of hydrogen-bond donors (Lipinski definition) is 1. The SMILES string of the molecule is COC(=O)C(C)(N)CC(C)Oc1cc(F)ccc1C. The van der Waals surface area contributed by atoms with Gasteiger partial charge in [0.1, 0.15) is 17.1 Å². The lowest BCUT2D eigenvalue weighted by Gasteiger charge is -2.26. The predicted octanol–water partition coefficient (Wildman–Crippen LogP) is 2.18. The zero-order valence-corrected chi connectivity index (χ0v) is 11.7. The van der Waals surface area contributed by atoms with Gasteiger partial charge in [-0.15, -0.1) is 0 Å². The molecule has 1 rings (SSSR count). The maximum atomic E-state index is 13.1. The van der Waals surface area contributed by atoms with Gasteiger partial charge in [-0.2, -0.15) is 0 Å². The summed E-state index contributed by atoms with van der Waals surface area (Å²) >= 11 is 0. The Hall–Kier alpha value is -1.62. The fraction of sp³-hybridized carbons (Fsp3) is 0.500. The van der Waals surface area contributed by atoms with E-state index in [0.717, 1.165) is 5.56 Å². The molecule has 106 valence electrons. The van der Waals surface area contributed by atoms with Gasteiger partial charge in [0.05, 0.1) is 13.2 Å². The molecular formula is C14H20FNO3. The van der Waals surface area contributed by atoms with Crippen LogP contribution in [-0.4, -0.2) is 24.7 Å². The van der Waals surface area contributed by atoms with E-state index in [2.05, 4.69) is 4.74 Å². The van der Waals surface area contributed by atoms with Gasteiger partial charge in [-0.05, 0) is 32.4 Å². The quantitative estimate of drug-likeness (QED) is 0.832. The van der Waals surface area contributed by atoms with Gasteiger partial charge in [-0.25, -0.2) is 4.39 Å². The summed E-state index contributed by atoms with van der Waals surface area (Å²) in [4.78, 5) is 11.5. The largest absolute Gasteiger partial charge is 0.490 e. The Morgan fingerprint density at radius 1 is 1.53 bits per heavy atom. The number of carbonyl (C=O) groups is 1. The van der Waals surface area contributed by atoms with Crippen LogP contribution >= 0.6 is 0 Å². The molecule has 2 unspecified atom stereocenters. The van der Waals surface area contributed by atoms with Crippen LogP contribution < -0.4 is 10.5 Å². The Kier molecular flexibility index (Phi) is 4.89. The molecule has 0 saturated heterocycles. The summed E-state index contributed by atoms with van der Waals surface area (Å²) < 4.78 is 23.4. The van der Waals surface area contributed by atoms with Crippen molar-refractivity contribution in [2.24, 2.45) is 5.73 Å². The molecule has 5 heteroatoms. The number of rotatable bonds is 5. The van der Waals surface area contributed by atoms with Crippen molar-refractivity contribution in [2.45, 2.75) is 38.8 Å². The van der Waals surface area contributed by atoms with Crippen LogP contribution in [0.3, 0.4) is 0 Å². The second-order valence-corrected chi connectivity index (χ2v) is 4.95. The lowest BCUT2D eigenvalue weighted by Crippen LogP contribution is -2.48. The normalized spacial score (nSPS) is 15.5. The lowest BCUT2D eigenvalue weighted by molar-refractivity contribution is -0.147. The van der Waals surface area contributed by atoms with Gasteiger partial charge in [-0.1, -0.05) is 6.07 Å². The number of nitrogens with two attached hydrogens (primary N) is 1. The molecule has 0 aliphatic rings. The Balaban J connectivity index is 2.72. The summed E-state index contributed by atoms with van der Waals surface area (Å²) in [5.74, 6) is -0.414. The van der Waals surface area contributed by atoms with Gasteiger partial charge in [-0.3, -0.25) is 4.79 Å². The molecule has 0 aromatic heterocycles. The third-order valence-electron chi connectivity index (χ3n) is 2.84. The van der Waals surface area contributed by atoms with E-state index in [9.17, 15) is 9.18 Å². The van der Waals surface area contributed by atoms with Gasteiger partial charge in [0.2, 0.25) is 0 Å². The Morgan fingerprint density at radius 2 is 2.16 bits per heavy atom. The molecule has 0 amide bonds. The average Bonchev–Trinajstić information content (AvgIpc) is 2.32. The fourth-order valence-corrected chi connectivity index (χ4v) is 1.87. The van der Waals surface area contributed by atoms with Crippen LogP contribution in [0.25, 0.3) is 0 Å². The first-order chi connectivity index (χ1) is 8.76. The molecule has 0 heterocycles. The highest BCUT2D eigenvalue weighted by Crippen LogP contribution is 2.22. The maximum Gasteiger partial charge on any atom is 0.325 e. The number of ether oxygens (including phenoxy) is 2. The highest BCUT2D eigenvalue weighted by atomic mass is 19.1. The summed E-state index contributed by atoms with van der Waals surface area (Å²) in [5.41, 5.74) is 5.56. The molecule has 1 aromatic rings. The molecule has 0 bridgehead atoms. The van der Waals surface area contributed by atoms with Gasteiger partial charge >= 0.3 is 5.97 Å². The number of esters is 1. The van der Waals surface area contributed by atoms with E-state index in [4.69, 9.17) is 10.5 Å². The standard InChI is InChI=1S/C14H20FNO3/c1-9-5-6-11(15)7-12(9)19-10(2)8-14(3,16)13(17)18-4/h5-7,10H,8,16H2,1-4H3. The topological polar surface area (TPSA) is 61.5 Å². The average molecular weight is 269 g/mol.